The molecule has 0 aliphatic rings. The Bertz CT molecular complexity index is 327. The van der Waals surface area contributed by atoms with Crippen LogP contribution in [0.25, 0.3) is 0 Å². The Morgan fingerprint density at radius 1 is 1.12 bits per heavy atom. The first-order chi connectivity index (χ1) is 8.19. The molecule has 1 rings (SSSR count). The smallest absolute Gasteiger partial charge is 0.125 e. The monoisotopic (exact) mass is 237 g/mol. The fourth-order valence-electron chi connectivity index (χ4n) is 1.92. The summed E-state index contributed by atoms with van der Waals surface area (Å²) in [5.41, 5.74) is 3.66. The third-order valence-electron chi connectivity index (χ3n) is 2.58. The summed E-state index contributed by atoms with van der Waals surface area (Å²) in [6.45, 7) is 9.05. The Morgan fingerprint density at radius 2 is 1.76 bits per heavy atom. The second-order valence-electron chi connectivity index (χ2n) is 4.13. The van der Waals surface area contributed by atoms with Crippen molar-refractivity contribution in [3.63, 3.8) is 0 Å². The predicted octanol–water partition coefficient (Wildman–Crippen LogP) is 2.44. The summed E-state index contributed by atoms with van der Waals surface area (Å²) in [5.74, 6) is 0.990. The minimum Gasteiger partial charge on any atom is -0.491 e. The fraction of sp³-hybridized carbons (Fsp3) is 0.571. The summed E-state index contributed by atoms with van der Waals surface area (Å²) in [6.07, 6.45) is 0. The molecule has 0 unspecified atom stereocenters. The van der Waals surface area contributed by atoms with E-state index in [0.29, 0.717) is 13.2 Å². The molecule has 17 heavy (non-hydrogen) atoms. The van der Waals surface area contributed by atoms with Crippen LogP contribution in [0.2, 0.25) is 0 Å². The first kappa shape index (κ1) is 14.0. The molecule has 0 aromatic heterocycles. The largest absolute Gasteiger partial charge is 0.491 e. The molecule has 0 amide bonds. The summed E-state index contributed by atoms with van der Waals surface area (Å²) in [4.78, 5) is 0. The van der Waals surface area contributed by atoms with Crippen molar-refractivity contribution < 1.29 is 9.47 Å². The lowest BCUT2D eigenvalue weighted by Gasteiger charge is -2.14. The Kier molecular flexibility index (Phi) is 6.01. The van der Waals surface area contributed by atoms with Crippen LogP contribution in [0, 0.1) is 13.8 Å². The number of hydrogen-bond donors (Lipinski definition) is 1. The van der Waals surface area contributed by atoms with Gasteiger partial charge in [-0.3, -0.25) is 0 Å². The van der Waals surface area contributed by atoms with Gasteiger partial charge in [-0.1, -0.05) is 12.1 Å². The maximum absolute atomic E-state index is 5.76. The molecule has 0 atom stereocenters. The van der Waals surface area contributed by atoms with Gasteiger partial charge >= 0.3 is 0 Å². The maximum Gasteiger partial charge on any atom is 0.125 e. The van der Waals surface area contributed by atoms with Crippen LogP contribution in [0.5, 0.6) is 5.75 Å². The van der Waals surface area contributed by atoms with Crippen molar-refractivity contribution in [3.05, 3.63) is 28.8 Å². The predicted molar refractivity (Wildman–Crippen MR) is 70.7 cm³/mol. The van der Waals surface area contributed by atoms with Crippen LogP contribution in [0.15, 0.2) is 12.1 Å². The molecule has 3 heteroatoms. The SMILES string of the molecule is CCOCCOc1c(C)cc(CNC)cc1C. The molecule has 0 spiro atoms. The van der Waals surface area contributed by atoms with E-state index in [2.05, 4.69) is 31.3 Å². The van der Waals surface area contributed by atoms with Gasteiger partial charge < -0.3 is 14.8 Å². The van der Waals surface area contributed by atoms with E-state index in [1.807, 2.05) is 14.0 Å². The molecule has 0 aliphatic heterocycles. The van der Waals surface area contributed by atoms with Gasteiger partial charge in [-0.05, 0) is 44.5 Å². The van der Waals surface area contributed by atoms with Gasteiger partial charge in [0.15, 0.2) is 0 Å². The van der Waals surface area contributed by atoms with Gasteiger partial charge in [0, 0.05) is 13.2 Å². The van der Waals surface area contributed by atoms with Crippen molar-refractivity contribution in [1.82, 2.24) is 5.32 Å². The molecule has 0 heterocycles. The van der Waals surface area contributed by atoms with Crippen LogP contribution in [0.4, 0.5) is 0 Å². The van der Waals surface area contributed by atoms with E-state index in [4.69, 9.17) is 9.47 Å². The molecule has 3 nitrogen and oxygen atoms in total. The number of aryl methyl sites for hydroxylation is 2. The molecule has 0 bridgehead atoms. The highest BCUT2D eigenvalue weighted by atomic mass is 16.5. The number of nitrogens with one attached hydrogen (secondary N) is 1. The minimum absolute atomic E-state index is 0.612. The van der Waals surface area contributed by atoms with E-state index in [0.717, 1.165) is 18.9 Å². The van der Waals surface area contributed by atoms with Crippen molar-refractivity contribution in [1.29, 1.82) is 0 Å². The third-order valence-corrected chi connectivity index (χ3v) is 2.58. The van der Waals surface area contributed by atoms with Crippen molar-refractivity contribution in [3.8, 4) is 5.75 Å². The lowest BCUT2D eigenvalue weighted by atomic mass is 10.1. The zero-order valence-electron chi connectivity index (χ0n) is 11.3. The normalized spacial score (nSPS) is 10.6. The summed E-state index contributed by atoms with van der Waals surface area (Å²) in [5, 5.41) is 3.16. The Balaban J connectivity index is 2.65. The maximum atomic E-state index is 5.76. The van der Waals surface area contributed by atoms with Gasteiger partial charge in [-0.15, -0.1) is 0 Å². The molecule has 1 aromatic rings. The highest BCUT2D eigenvalue weighted by Gasteiger charge is 2.06. The summed E-state index contributed by atoms with van der Waals surface area (Å²) in [6, 6.07) is 4.33. The summed E-state index contributed by atoms with van der Waals surface area (Å²) >= 11 is 0. The van der Waals surface area contributed by atoms with Crippen LogP contribution < -0.4 is 10.1 Å². The molecule has 0 aliphatic carbocycles. The lowest BCUT2D eigenvalue weighted by molar-refractivity contribution is 0.109. The standard InChI is InChI=1S/C14H23NO2/c1-5-16-6-7-17-14-11(2)8-13(10-15-4)9-12(14)3/h8-9,15H,5-7,10H2,1-4H3. The summed E-state index contributed by atoms with van der Waals surface area (Å²) < 4.78 is 11.0. The van der Waals surface area contributed by atoms with Gasteiger partial charge in [0.2, 0.25) is 0 Å². The van der Waals surface area contributed by atoms with Gasteiger partial charge in [0.1, 0.15) is 12.4 Å². The Labute approximate surface area is 104 Å². The molecule has 0 saturated carbocycles. The van der Waals surface area contributed by atoms with E-state index in [-0.39, 0.29) is 0 Å². The molecular weight excluding hydrogens is 214 g/mol. The number of ether oxygens (including phenoxy) is 2. The van der Waals surface area contributed by atoms with E-state index < -0.39 is 0 Å². The molecule has 1 aromatic carbocycles. The number of benzene rings is 1. The first-order valence-electron chi connectivity index (χ1n) is 6.14. The zero-order chi connectivity index (χ0) is 12.7. The average Bonchev–Trinajstić information content (AvgIpc) is 2.27. The molecule has 0 radical (unpaired) electrons. The Hall–Kier alpha value is -1.06. The van der Waals surface area contributed by atoms with Crippen LogP contribution in [0.3, 0.4) is 0 Å². The average molecular weight is 237 g/mol. The van der Waals surface area contributed by atoms with Gasteiger partial charge in [0.25, 0.3) is 0 Å². The number of rotatable bonds is 7. The molecular formula is C14H23NO2. The second-order valence-corrected chi connectivity index (χ2v) is 4.13. The highest BCUT2D eigenvalue weighted by Crippen LogP contribution is 2.24. The molecule has 0 fully saturated rings. The highest BCUT2D eigenvalue weighted by molar-refractivity contribution is 5.43. The van der Waals surface area contributed by atoms with Gasteiger partial charge in [-0.2, -0.15) is 0 Å². The van der Waals surface area contributed by atoms with Crippen molar-refractivity contribution in [2.24, 2.45) is 0 Å². The van der Waals surface area contributed by atoms with Crippen LogP contribution in [-0.4, -0.2) is 26.9 Å². The molecule has 1 N–H and O–H groups in total. The van der Waals surface area contributed by atoms with E-state index in [9.17, 15) is 0 Å². The first-order valence-corrected chi connectivity index (χ1v) is 6.14. The fourth-order valence-corrected chi connectivity index (χ4v) is 1.92. The van der Waals surface area contributed by atoms with Crippen LogP contribution >= 0.6 is 0 Å². The topological polar surface area (TPSA) is 30.5 Å². The third kappa shape index (κ3) is 4.36. The molecule has 0 saturated heterocycles. The van der Waals surface area contributed by atoms with Gasteiger partial charge in [-0.25, -0.2) is 0 Å². The lowest BCUT2D eigenvalue weighted by Crippen LogP contribution is -2.09. The number of hydrogen-bond acceptors (Lipinski definition) is 3. The van der Waals surface area contributed by atoms with Crippen LogP contribution in [-0.2, 0) is 11.3 Å². The van der Waals surface area contributed by atoms with E-state index in [1.54, 1.807) is 0 Å². The van der Waals surface area contributed by atoms with Crippen LogP contribution in [0.1, 0.15) is 23.6 Å². The zero-order valence-corrected chi connectivity index (χ0v) is 11.3. The summed E-state index contributed by atoms with van der Waals surface area (Å²) in [7, 11) is 1.96. The second kappa shape index (κ2) is 7.30. The van der Waals surface area contributed by atoms with E-state index in [1.165, 1.54) is 16.7 Å². The van der Waals surface area contributed by atoms with E-state index >= 15 is 0 Å². The minimum atomic E-state index is 0.612. The molecule has 96 valence electrons. The quantitative estimate of drug-likeness (QED) is 0.739. The van der Waals surface area contributed by atoms with Crippen molar-refractivity contribution >= 4 is 0 Å². The Morgan fingerprint density at radius 3 is 2.29 bits per heavy atom. The van der Waals surface area contributed by atoms with Crippen molar-refractivity contribution in [2.45, 2.75) is 27.3 Å². The van der Waals surface area contributed by atoms with Gasteiger partial charge in [0.05, 0.1) is 6.61 Å². The van der Waals surface area contributed by atoms with Crippen molar-refractivity contribution in [2.75, 3.05) is 26.9 Å².